The van der Waals surface area contributed by atoms with Gasteiger partial charge < -0.3 is 14.5 Å². The van der Waals surface area contributed by atoms with Gasteiger partial charge in [-0.1, -0.05) is 12.1 Å². The predicted molar refractivity (Wildman–Crippen MR) is 98.4 cm³/mol. The maximum atomic E-state index is 12.4. The molecule has 3 rings (SSSR count). The smallest absolute Gasteiger partial charge is 0.291 e. The summed E-state index contributed by atoms with van der Waals surface area (Å²) in [6, 6.07) is 12.5. The molecule has 0 aliphatic heterocycles. The van der Waals surface area contributed by atoms with E-state index >= 15 is 0 Å². The Morgan fingerprint density at radius 1 is 1.04 bits per heavy atom. The molecule has 10 heteroatoms. The van der Waals surface area contributed by atoms with E-state index in [1.54, 1.807) is 6.07 Å². The second-order valence-electron chi connectivity index (χ2n) is 5.53. The van der Waals surface area contributed by atoms with Gasteiger partial charge in [0, 0.05) is 12.1 Å². The summed E-state index contributed by atoms with van der Waals surface area (Å²) in [5.41, 5.74) is 0.105. The molecule has 0 aliphatic carbocycles. The van der Waals surface area contributed by atoms with Crippen LogP contribution in [0.3, 0.4) is 0 Å². The van der Waals surface area contributed by atoms with Gasteiger partial charge in [-0.2, -0.15) is 0 Å². The number of anilines is 1. The maximum Gasteiger partial charge on any atom is 0.291 e. The van der Waals surface area contributed by atoms with Crippen LogP contribution in [-0.2, 0) is 0 Å². The van der Waals surface area contributed by atoms with Crippen LogP contribution in [0.15, 0.2) is 59.0 Å². The van der Waals surface area contributed by atoms with Crippen LogP contribution in [0, 0.1) is 20.2 Å². The first kappa shape index (κ1) is 18.6. The van der Waals surface area contributed by atoms with Crippen molar-refractivity contribution in [3.05, 3.63) is 80.6 Å². The van der Waals surface area contributed by atoms with E-state index < -0.39 is 15.8 Å². The van der Waals surface area contributed by atoms with Crippen molar-refractivity contribution in [3.8, 4) is 17.1 Å². The van der Waals surface area contributed by atoms with Gasteiger partial charge in [-0.25, -0.2) is 0 Å². The second kappa shape index (κ2) is 7.58. The lowest BCUT2D eigenvalue weighted by Crippen LogP contribution is -2.11. The van der Waals surface area contributed by atoms with E-state index in [4.69, 9.17) is 9.15 Å². The number of nitro groups is 2. The monoisotopic (exact) mass is 383 g/mol. The summed E-state index contributed by atoms with van der Waals surface area (Å²) in [4.78, 5) is 33.3. The maximum absolute atomic E-state index is 12.4. The molecule has 0 bridgehead atoms. The summed E-state index contributed by atoms with van der Waals surface area (Å²) in [5.74, 6) is -0.466. The number of ether oxygens (including phenoxy) is 1. The number of hydrogen-bond acceptors (Lipinski definition) is 7. The number of rotatable bonds is 6. The number of nitrogens with one attached hydrogen (secondary N) is 1. The zero-order valence-electron chi connectivity index (χ0n) is 14.4. The van der Waals surface area contributed by atoms with Gasteiger partial charge in [0.1, 0.15) is 11.5 Å². The fourth-order valence-electron chi connectivity index (χ4n) is 2.53. The van der Waals surface area contributed by atoms with E-state index in [0.29, 0.717) is 0 Å². The van der Waals surface area contributed by atoms with Crippen molar-refractivity contribution in [2.24, 2.45) is 0 Å². The van der Waals surface area contributed by atoms with Gasteiger partial charge in [-0.15, -0.1) is 0 Å². The van der Waals surface area contributed by atoms with Crippen LogP contribution < -0.4 is 10.1 Å². The zero-order chi connectivity index (χ0) is 20.3. The lowest BCUT2D eigenvalue weighted by molar-refractivity contribution is -0.384. The Hall–Kier alpha value is -4.21. The zero-order valence-corrected chi connectivity index (χ0v) is 14.4. The highest BCUT2D eigenvalue weighted by Crippen LogP contribution is 2.32. The van der Waals surface area contributed by atoms with Crippen molar-refractivity contribution < 1.29 is 23.8 Å². The van der Waals surface area contributed by atoms with Gasteiger partial charge in [0.15, 0.2) is 5.76 Å². The minimum absolute atomic E-state index is 0.0893. The predicted octanol–water partition coefficient (Wildman–Crippen LogP) is 4.02. The molecule has 1 N–H and O–H groups in total. The third-order valence-electron chi connectivity index (χ3n) is 3.84. The Morgan fingerprint density at radius 3 is 2.46 bits per heavy atom. The first-order chi connectivity index (χ1) is 13.4. The molecule has 0 unspecified atom stereocenters. The van der Waals surface area contributed by atoms with Crippen molar-refractivity contribution >= 4 is 23.0 Å². The summed E-state index contributed by atoms with van der Waals surface area (Å²) >= 11 is 0. The van der Waals surface area contributed by atoms with Gasteiger partial charge in [-0.05, 0) is 24.3 Å². The van der Waals surface area contributed by atoms with Crippen molar-refractivity contribution in [1.29, 1.82) is 0 Å². The molecule has 2 aromatic carbocycles. The van der Waals surface area contributed by atoms with Crippen LogP contribution in [0.4, 0.5) is 17.1 Å². The number of furan rings is 1. The molecular formula is C18H13N3O7. The third-order valence-corrected chi connectivity index (χ3v) is 3.84. The van der Waals surface area contributed by atoms with E-state index in [0.717, 1.165) is 0 Å². The van der Waals surface area contributed by atoms with Crippen molar-refractivity contribution in [3.63, 3.8) is 0 Å². The standard InChI is InChI=1S/C18H13N3O7/c1-27-17-10-11(20(23)24)6-7-13(17)19-18(22)16-9-8-15(28-16)12-4-2-3-5-14(12)21(25)26/h2-10H,1H3,(H,19,22). The fourth-order valence-corrected chi connectivity index (χ4v) is 2.53. The summed E-state index contributed by atoms with van der Waals surface area (Å²) in [6.07, 6.45) is 0. The Labute approximate surface area is 157 Å². The number of hydrogen-bond donors (Lipinski definition) is 1. The van der Waals surface area contributed by atoms with Crippen LogP contribution in [0.5, 0.6) is 5.75 Å². The molecule has 3 aromatic rings. The molecule has 0 aliphatic rings. The van der Waals surface area contributed by atoms with Gasteiger partial charge in [0.2, 0.25) is 0 Å². The number of nitrogens with zero attached hydrogens (tertiary/aromatic N) is 2. The Kier molecular flexibility index (Phi) is 5.03. The summed E-state index contributed by atoms with van der Waals surface area (Å²) < 4.78 is 10.5. The summed E-state index contributed by atoms with van der Waals surface area (Å²) in [6.45, 7) is 0. The number of methoxy groups -OCH3 is 1. The largest absolute Gasteiger partial charge is 0.494 e. The van der Waals surface area contributed by atoms with E-state index in [-0.39, 0.29) is 39.9 Å². The average molecular weight is 383 g/mol. The van der Waals surface area contributed by atoms with Crippen LogP contribution in [0.1, 0.15) is 10.6 Å². The lowest BCUT2D eigenvalue weighted by atomic mass is 10.1. The van der Waals surface area contributed by atoms with Crippen LogP contribution >= 0.6 is 0 Å². The molecule has 0 atom stereocenters. The van der Waals surface area contributed by atoms with Crippen molar-refractivity contribution in [2.75, 3.05) is 12.4 Å². The number of non-ortho nitro benzene ring substituents is 1. The van der Waals surface area contributed by atoms with E-state index in [1.807, 2.05) is 0 Å². The van der Waals surface area contributed by atoms with Crippen molar-refractivity contribution in [2.45, 2.75) is 0 Å². The molecular weight excluding hydrogens is 370 g/mol. The molecule has 1 heterocycles. The van der Waals surface area contributed by atoms with E-state index in [9.17, 15) is 25.0 Å². The Morgan fingerprint density at radius 2 is 1.79 bits per heavy atom. The molecule has 10 nitrogen and oxygen atoms in total. The molecule has 0 radical (unpaired) electrons. The molecule has 28 heavy (non-hydrogen) atoms. The SMILES string of the molecule is COc1cc([N+](=O)[O-])ccc1NC(=O)c1ccc(-c2ccccc2[N+](=O)[O-])o1. The number of carbonyl (C=O) groups excluding carboxylic acids is 1. The summed E-state index contributed by atoms with van der Waals surface area (Å²) in [7, 11) is 1.31. The average Bonchev–Trinajstić information content (AvgIpc) is 3.18. The first-order valence-corrected chi connectivity index (χ1v) is 7.88. The number of benzene rings is 2. The number of amides is 1. The highest BCUT2D eigenvalue weighted by atomic mass is 16.6. The van der Waals surface area contributed by atoms with Crippen LogP contribution in [0.25, 0.3) is 11.3 Å². The topological polar surface area (TPSA) is 138 Å². The van der Waals surface area contributed by atoms with Gasteiger partial charge in [0.25, 0.3) is 17.3 Å². The Bertz CT molecular complexity index is 1070. The normalized spacial score (nSPS) is 10.3. The minimum Gasteiger partial charge on any atom is -0.494 e. The van der Waals surface area contributed by atoms with Crippen LogP contribution in [-0.4, -0.2) is 22.9 Å². The molecule has 0 fully saturated rings. The molecule has 142 valence electrons. The van der Waals surface area contributed by atoms with Gasteiger partial charge in [-0.3, -0.25) is 25.0 Å². The fraction of sp³-hybridized carbons (Fsp3) is 0.0556. The highest BCUT2D eigenvalue weighted by Gasteiger charge is 2.20. The molecule has 0 spiro atoms. The highest BCUT2D eigenvalue weighted by molar-refractivity contribution is 6.03. The quantitative estimate of drug-likeness (QED) is 0.501. The van der Waals surface area contributed by atoms with E-state index in [2.05, 4.69) is 5.32 Å². The van der Waals surface area contributed by atoms with Gasteiger partial charge in [0.05, 0.1) is 34.3 Å². The summed E-state index contributed by atoms with van der Waals surface area (Å²) in [5, 5.41) is 24.5. The van der Waals surface area contributed by atoms with Crippen molar-refractivity contribution in [1.82, 2.24) is 0 Å². The van der Waals surface area contributed by atoms with Crippen LogP contribution in [0.2, 0.25) is 0 Å². The molecule has 0 saturated carbocycles. The third kappa shape index (κ3) is 3.65. The minimum atomic E-state index is -0.642. The number of nitro benzene ring substituents is 2. The lowest BCUT2D eigenvalue weighted by Gasteiger charge is -2.08. The number of para-hydroxylation sites is 1. The Balaban J connectivity index is 1.86. The van der Waals surface area contributed by atoms with E-state index in [1.165, 1.54) is 55.6 Å². The molecule has 0 saturated heterocycles. The number of carbonyl (C=O) groups is 1. The molecule has 1 aromatic heterocycles. The first-order valence-electron chi connectivity index (χ1n) is 7.88. The van der Waals surface area contributed by atoms with Gasteiger partial charge >= 0.3 is 0 Å². The molecule has 1 amide bonds. The second-order valence-corrected chi connectivity index (χ2v) is 5.53.